The van der Waals surface area contributed by atoms with Crippen molar-refractivity contribution in [2.24, 2.45) is 0 Å². The fraction of sp³-hybridized carbons (Fsp3) is 0.556. The smallest absolute Gasteiger partial charge is 0.224 e. The van der Waals surface area contributed by atoms with Crippen LogP contribution >= 0.6 is 0 Å². The minimum atomic E-state index is -3.14. The number of anilines is 1. The molecular formula is C18H26N2O3S. The van der Waals surface area contributed by atoms with E-state index in [9.17, 15) is 13.2 Å². The van der Waals surface area contributed by atoms with Gasteiger partial charge in [-0.05, 0) is 51.2 Å². The Bertz CT molecular complexity index is 695. The molecule has 0 spiro atoms. The molecule has 5 nitrogen and oxygen atoms in total. The third kappa shape index (κ3) is 7.14. The number of nitriles is 1. The van der Waals surface area contributed by atoms with Crippen LogP contribution in [0.4, 0.5) is 5.69 Å². The van der Waals surface area contributed by atoms with Crippen molar-refractivity contribution in [3.63, 3.8) is 0 Å². The number of nitrogens with zero attached hydrogens (tertiary/aromatic N) is 1. The van der Waals surface area contributed by atoms with E-state index in [0.29, 0.717) is 25.7 Å². The van der Waals surface area contributed by atoms with Gasteiger partial charge < -0.3 is 5.32 Å². The fourth-order valence-electron chi connectivity index (χ4n) is 2.66. The van der Waals surface area contributed by atoms with Gasteiger partial charge in [0.1, 0.15) is 9.84 Å². The lowest BCUT2D eigenvalue weighted by Gasteiger charge is -2.13. The maximum Gasteiger partial charge on any atom is 0.224 e. The van der Waals surface area contributed by atoms with Crippen LogP contribution in [0.3, 0.4) is 0 Å². The lowest BCUT2D eigenvalue weighted by molar-refractivity contribution is -0.116. The van der Waals surface area contributed by atoms with Crippen LogP contribution in [0.1, 0.15) is 48.8 Å². The first-order valence-electron chi connectivity index (χ1n) is 8.20. The first-order chi connectivity index (χ1) is 11.2. The zero-order chi connectivity index (χ0) is 18.2. The Kier molecular flexibility index (Phi) is 7.93. The maximum absolute atomic E-state index is 12.0. The number of aryl methyl sites for hydroxylation is 3. The molecule has 0 aliphatic carbocycles. The van der Waals surface area contributed by atoms with Gasteiger partial charge in [-0.1, -0.05) is 17.7 Å². The van der Waals surface area contributed by atoms with Gasteiger partial charge in [-0.15, -0.1) is 0 Å². The van der Waals surface area contributed by atoms with E-state index in [1.54, 1.807) is 0 Å². The molecule has 0 aromatic heterocycles. The first kappa shape index (κ1) is 20.2. The maximum atomic E-state index is 12.0. The number of carbonyl (C=O) groups excluding carboxylic acids is 1. The van der Waals surface area contributed by atoms with Gasteiger partial charge in [-0.2, -0.15) is 5.26 Å². The topological polar surface area (TPSA) is 87.0 Å². The highest BCUT2D eigenvalue weighted by molar-refractivity contribution is 7.91. The lowest BCUT2D eigenvalue weighted by atomic mass is 10.0. The van der Waals surface area contributed by atoms with Crippen molar-refractivity contribution in [1.82, 2.24) is 0 Å². The van der Waals surface area contributed by atoms with Gasteiger partial charge in [0, 0.05) is 18.5 Å². The predicted octanol–water partition coefficient (Wildman–Crippen LogP) is 3.44. The standard InChI is InChI=1S/C18H26N2O3S/c1-14-12-15(2)18(16(3)13-14)20-17(21)8-7-11-24(22,23)10-6-4-5-9-19/h12-13H,4-8,10-11H2,1-3H3,(H,20,21). The molecule has 0 saturated carbocycles. The Balaban J connectivity index is 2.43. The molecule has 0 heterocycles. The molecule has 0 unspecified atom stereocenters. The summed E-state index contributed by atoms with van der Waals surface area (Å²) in [6.07, 6.45) is 1.99. The van der Waals surface area contributed by atoms with Crippen LogP contribution in [0.2, 0.25) is 0 Å². The number of benzene rings is 1. The van der Waals surface area contributed by atoms with Crippen LogP contribution in [-0.2, 0) is 14.6 Å². The number of sulfone groups is 1. The minimum Gasteiger partial charge on any atom is -0.326 e. The van der Waals surface area contributed by atoms with Crippen molar-refractivity contribution in [2.75, 3.05) is 16.8 Å². The van der Waals surface area contributed by atoms with Crippen LogP contribution in [0.5, 0.6) is 0 Å². The largest absolute Gasteiger partial charge is 0.326 e. The number of rotatable bonds is 9. The van der Waals surface area contributed by atoms with Gasteiger partial charge in [0.15, 0.2) is 0 Å². The summed E-state index contributed by atoms with van der Waals surface area (Å²) in [7, 11) is -3.14. The Morgan fingerprint density at radius 3 is 2.25 bits per heavy atom. The Labute approximate surface area is 145 Å². The number of unbranched alkanes of at least 4 members (excludes halogenated alkanes) is 2. The summed E-state index contributed by atoms with van der Waals surface area (Å²) in [5.74, 6) is -0.0598. The van der Waals surface area contributed by atoms with Crippen molar-refractivity contribution < 1.29 is 13.2 Å². The molecule has 0 bridgehead atoms. The Morgan fingerprint density at radius 2 is 1.67 bits per heavy atom. The van der Waals surface area contributed by atoms with Gasteiger partial charge in [0.2, 0.25) is 5.91 Å². The van der Waals surface area contributed by atoms with Crippen molar-refractivity contribution in [2.45, 2.75) is 52.9 Å². The molecule has 132 valence electrons. The van der Waals surface area contributed by atoms with Gasteiger partial charge >= 0.3 is 0 Å². The fourth-order valence-corrected chi connectivity index (χ4v) is 4.09. The van der Waals surface area contributed by atoms with E-state index in [-0.39, 0.29) is 23.8 Å². The van der Waals surface area contributed by atoms with Gasteiger partial charge in [0.25, 0.3) is 0 Å². The highest BCUT2D eigenvalue weighted by Crippen LogP contribution is 2.22. The molecule has 0 saturated heterocycles. The number of amides is 1. The second kappa shape index (κ2) is 9.43. The molecule has 0 aliphatic heterocycles. The molecule has 0 atom stereocenters. The highest BCUT2D eigenvalue weighted by Gasteiger charge is 2.13. The normalized spacial score (nSPS) is 11.1. The molecule has 1 N–H and O–H groups in total. The zero-order valence-electron chi connectivity index (χ0n) is 14.7. The van der Waals surface area contributed by atoms with E-state index in [4.69, 9.17) is 5.26 Å². The third-order valence-corrected chi connectivity index (χ3v) is 5.62. The summed E-state index contributed by atoms with van der Waals surface area (Å²) in [4.78, 5) is 12.0. The molecule has 0 aliphatic rings. The van der Waals surface area contributed by atoms with E-state index in [0.717, 1.165) is 22.4 Å². The van der Waals surface area contributed by atoms with E-state index < -0.39 is 9.84 Å². The Morgan fingerprint density at radius 1 is 1.08 bits per heavy atom. The summed E-state index contributed by atoms with van der Waals surface area (Å²) in [5.41, 5.74) is 3.97. The summed E-state index contributed by atoms with van der Waals surface area (Å²) in [5, 5.41) is 11.3. The van der Waals surface area contributed by atoms with Crippen LogP contribution in [0.15, 0.2) is 12.1 Å². The molecule has 1 aromatic rings. The Hall–Kier alpha value is -1.87. The average molecular weight is 350 g/mol. The predicted molar refractivity (Wildman–Crippen MR) is 96.6 cm³/mol. The van der Waals surface area contributed by atoms with E-state index in [1.165, 1.54) is 0 Å². The third-order valence-electron chi connectivity index (χ3n) is 3.79. The molecule has 0 fully saturated rings. The number of nitrogens with one attached hydrogen (secondary N) is 1. The van der Waals surface area contributed by atoms with Crippen LogP contribution in [0, 0.1) is 32.1 Å². The average Bonchev–Trinajstić information content (AvgIpc) is 2.47. The van der Waals surface area contributed by atoms with Crippen molar-refractivity contribution in [3.05, 3.63) is 28.8 Å². The molecule has 1 aromatic carbocycles. The molecule has 1 amide bonds. The summed E-state index contributed by atoms with van der Waals surface area (Å²) in [6.45, 7) is 5.90. The molecular weight excluding hydrogens is 324 g/mol. The van der Waals surface area contributed by atoms with E-state index in [1.807, 2.05) is 39.0 Å². The van der Waals surface area contributed by atoms with Crippen LogP contribution in [0.25, 0.3) is 0 Å². The van der Waals surface area contributed by atoms with Gasteiger partial charge in [0.05, 0.1) is 17.6 Å². The first-order valence-corrected chi connectivity index (χ1v) is 10.0. The van der Waals surface area contributed by atoms with Crippen molar-refractivity contribution >= 4 is 21.4 Å². The lowest BCUT2D eigenvalue weighted by Crippen LogP contribution is -2.17. The van der Waals surface area contributed by atoms with Crippen molar-refractivity contribution in [3.8, 4) is 6.07 Å². The van der Waals surface area contributed by atoms with Crippen LogP contribution < -0.4 is 5.32 Å². The number of hydrogen-bond donors (Lipinski definition) is 1. The summed E-state index contributed by atoms with van der Waals surface area (Å²) < 4.78 is 23.7. The van der Waals surface area contributed by atoms with E-state index >= 15 is 0 Å². The second-order valence-electron chi connectivity index (χ2n) is 6.19. The van der Waals surface area contributed by atoms with Gasteiger partial charge in [-0.25, -0.2) is 8.42 Å². The second-order valence-corrected chi connectivity index (χ2v) is 8.50. The monoisotopic (exact) mass is 350 g/mol. The summed E-state index contributed by atoms with van der Waals surface area (Å²) >= 11 is 0. The van der Waals surface area contributed by atoms with Gasteiger partial charge in [-0.3, -0.25) is 4.79 Å². The molecule has 6 heteroatoms. The molecule has 1 rings (SSSR count). The van der Waals surface area contributed by atoms with E-state index in [2.05, 4.69) is 5.32 Å². The number of carbonyl (C=O) groups is 1. The number of hydrogen-bond acceptors (Lipinski definition) is 4. The minimum absolute atomic E-state index is 0.0127. The SMILES string of the molecule is Cc1cc(C)c(NC(=O)CCCS(=O)(=O)CCCCC#N)c(C)c1. The highest BCUT2D eigenvalue weighted by atomic mass is 32.2. The zero-order valence-corrected chi connectivity index (χ0v) is 15.5. The molecule has 0 radical (unpaired) electrons. The summed E-state index contributed by atoms with van der Waals surface area (Å²) in [6, 6.07) is 6.02. The molecule has 24 heavy (non-hydrogen) atoms. The van der Waals surface area contributed by atoms with Crippen LogP contribution in [-0.4, -0.2) is 25.8 Å². The van der Waals surface area contributed by atoms with Crippen molar-refractivity contribution in [1.29, 1.82) is 5.26 Å². The quantitative estimate of drug-likeness (QED) is 0.691.